The number of amides is 1. The van der Waals surface area contributed by atoms with Gasteiger partial charge in [-0.2, -0.15) is 0 Å². The quantitative estimate of drug-likeness (QED) is 0.710. The molecule has 1 amide bonds. The molecule has 3 N–H and O–H groups in total. The Morgan fingerprint density at radius 2 is 1.70 bits per heavy atom. The molecule has 124 valence electrons. The highest BCUT2D eigenvalue weighted by Gasteiger charge is 2.21. The molecular weight excluding hydrogens is 300 g/mol. The van der Waals surface area contributed by atoms with Gasteiger partial charge in [-0.3, -0.25) is 4.79 Å². The van der Waals surface area contributed by atoms with Crippen molar-refractivity contribution in [2.45, 2.75) is 12.5 Å². The number of benzene rings is 1. The third kappa shape index (κ3) is 7.77. The van der Waals surface area contributed by atoms with Gasteiger partial charge in [0.25, 0.3) is 5.91 Å². The van der Waals surface area contributed by atoms with Crippen molar-refractivity contribution < 1.29 is 24.6 Å². The molecule has 0 radical (unpaired) electrons. The summed E-state index contributed by atoms with van der Waals surface area (Å²) in [5.41, 5.74) is 0.743. The SMILES string of the molecule is CN1CCC(NC(=O)c2ccccc2)C1.O=C(O)/C=C/C(=O)O. The highest BCUT2D eigenvalue weighted by molar-refractivity contribution is 5.94. The molecule has 1 heterocycles. The summed E-state index contributed by atoms with van der Waals surface area (Å²) < 4.78 is 0. The molecule has 1 aliphatic rings. The fraction of sp³-hybridized carbons (Fsp3) is 0.312. The Morgan fingerprint density at radius 1 is 1.13 bits per heavy atom. The lowest BCUT2D eigenvalue weighted by molar-refractivity contribution is -0.134. The second-order valence-corrected chi connectivity index (χ2v) is 5.10. The Kier molecular flexibility index (Phi) is 7.49. The van der Waals surface area contributed by atoms with Gasteiger partial charge in [0.15, 0.2) is 0 Å². The van der Waals surface area contributed by atoms with Gasteiger partial charge in [0.05, 0.1) is 0 Å². The van der Waals surface area contributed by atoms with Crippen LogP contribution in [-0.4, -0.2) is 59.1 Å². The predicted octanol–water partition coefficient (Wildman–Crippen LogP) is 0.832. The number of nitrogens with one attached hydrogen (secondary N) is 1. The van der Waals surface area contributed by atoms with E-state index in [1.54, 1.807) is 0 Å². The second-order valence-electron chi connectivity index (χ2n) is 5.10. The van der Waals surface area contributed by atoms with Gasteiger partial charge in [-0.25, -0.2) is 9.59 Å². The first-order valence-corrected chi connectivity index (χ1v) is 7.07. The predicted molar refractivity (Wildman–Crippen MR) is 84.2 cm³/mol. The van der Waals surface area contributed by atoms with Crippen LogP contribution >= 0.6 is 0 Å². The number of aliphatic carboxylic acids is 2. The minimum absolute atomic E-state index is 0.0379. The van der Waals surface area contributed by atoms with Gasteiger partial charge in [0.1, 0.15) is 0 Å². The number of likely N-dealkylation sites (N-methyl/N-ethyl adjacent to an activating group) is 1. The molecule has 2 rings (SSSR count). The number of nitrogens with zero attached hydrogens (tertiary/aromatic N) is 1. The smallest absolute Gasteiger partial charge is 0.328 e. The van der Waals surface area contributed by atoms with Gasteiger partial charge in [-0.05, 0) is 32.1 Å². The summed E-state index contributed by atoms with van der Waals surface area (Å²) >= 11 is 0. The summed E-state index contributed by atoms with van der Waals surface area (Å²) in [6.45, 7) is 2.03. The molecule has 1 unspecified atom stereocenters. The van der Waals surface area contributed by atoms with E-state index in [0.29, 0.717) is 18.2 Å². The molecule has 1 fully saturated rings. The number of rotatable bonds is 4. The lowest BCUT2D eigenvalue weighted by Gasteiger charge is -2.12. The maximum absolute atomic E-state index is 11.8. The molecular formula is C16H20N2O5. The average molecular weight is 320 g/mol. The van der Waals surface area contributed by atoms with Crippen molar-refractivity contribution in [3.8, 4) is 0 Å². The van der Waals surface area contributed by atoms with Crippen LogP contribution in [0.3, 0.4) is 0 Å². The van der Waals surface area contributed by atoms with Crippen LogP contribution in [0.25, 0.3) is 0 Å². The molecule has 1 atom stereocenters. The van der Waals surface area contributed by atoms with E-state index in [4.69, 9.17) is 10.2 Å². The molecule has 1 aliphatic heterocycles. The maximum Gasteiger partial charge on any atom is 0.328 e. The number of hydrogen-bond acceptors (Lipinski definition) is 4. The van der Waals surface area contributed by atoms with E-state index < -0.39 is 11.9 Å². The molecule has 1 saturated heterocycles. The van der Waals surface area contributed by atoms with Gasteiger partial charge < -0.3 is 20.4 Å². The van der Waals surface area contributed by atoms with Crippen LogP contribution in [0.1, 0.15) is 16.8 Å². The zero-order valence-corrected chi connectivity index (χ0v) is 12.8. The molecule has 0 aromatic heterocycles. The monoisotopic (exact) mass is 320 g/mol. The molecule has 7 heteroatoms. The molecule has 23 heavy (non-hydrogen) atoms. The Labute approximate surface area is 134 Å². The minimum Gasteiger partial charge on any atom is -0.478 e. The van der Waals surface area contributed by atoms with Crippen molar-refractivity contribution in [3.05, 3.63) is 48.0 Å². The molecule has 0 bridgehead atoms. The highest BCUT2D eigenvalue weighted by Crippen LogP contribution is 2.07. The van der Waals surface area contributed by atoms with E-state index in [2.05, 4.69) is 17.3 Å². The normalized spacial score (nSPS) is 17.3. The molecule has 7 nitrogen and oxygen atoms in total. The van der Waals surface area contributed by atoms with Crippen LogP contribution in [0, 0.1) is 0 Å². The summed E-state index contributed by atoms with van der Waals surface area (Å²) in [6.07, 6.45) is 2.17. The van der Waals surface area contributed by atoms with Crippen LogP contribution in [0.15, 0.2) is 42.5 Å². The number of likely N-dealkylation sites (tertiary alicyclic amines) is 1. The Balaban J connectivity index is 0.000000284. The van der Waals surface area contributed by atoms with Crippen LogP contribution in [0.2, 0.25) is 0 Å². The van der Waals surface area contributed by atoms with Crippen LogP contribution in [0.5, 0.6) is 0 Å². The number of carbonyl (C=O) groups excluding carboxylic acids is 1. The van der Waals surface area contributed by atoms with Crippen molar-refractivity contribution in [1.29, 1.82) is 0 Å². The molecule has 1 aromatic rings. The van der Waals surface area contributed by atoms with E-state index in [-0.39, 0.29) is 5.91 Å². The molecule has 0 spiro atoms. The number of carboxylic acids is 2. The first kappa shape index (κ1) is 18.4. The third-order valence-electron chi connectivity index (χ3n) is 3.13. The highest BCUT2D eigenvalue weighted by atomic mass is 16.4. The fourth-order valence-electron chi connectivity index (χ4n) is 2.05. The first-order valence-electron chi connectivity index (χ1n) is 7.07. The van der Waals surface area contributed by atoms with Crippen molar-refractivity contribution in [2.75, 3.05) is 20.1 Å². The summed E-state index contributed by atoms with van der Waals surface area (Å²) in [4.78, 5) is 33.1. The molecule has 1 aromatic carbocycles. The lowest BCUT2D eigenvalue weighted by atomic mass is 10.2. The average Bonchev–Trinajstić information content (AvgIpc) is 2.92. The van der Waals surface area contributed by atoms with Gasteiger partial charge in [0.2, 0.25) is 0 Å². The summed E-state index contributed by atoms with van der Waals surface area (Å²) in [6, 6.07) is 9.68. The number of hydrogen-bond donors (Lipinski definition) is 3. The van der Waals surface area contributed by atoms with Crippen molar-refractivity contribution >= 4 is 17.8 Å². The summed E-state index contributed by atoms with van der Waals surface area (Å²) in [5, 5.41) is 18.7. The van der Waals surface area contributed by atoms with Crippen molar-refractivity contribution in [1.82, 2.24) is 10.2 Å². The van der Waals surface area contributed by atoms with Crippen LogP contribution in [0.4, 0.5) is 0 Å². The minimum atomic E-state index is -1.26. The second kappa shape index (κ2) is 9.37. The van der Waals surface area contributed by atoms with Crippen molar-refractivity contribution in [3.63, 3.8) is 0 Å². The number of carbonyl (C=O) groups is 3. The van der Waals surface area contributed by atoms with E-state index in [0.717, 1.165) is 25.1 Å². The van der Waals surface area contributed by atoms with Crippen molar-refractivity contribution in [2.24, 2.45) is 0 Å². The summed E-state index contributed by atoms with van der Waals surface area (Å²) in [5.74, 6) is -2.48. The standard InChI is InChI=1S/C12H16N2O.C4H4O4/c1-14-8-7-11(9-14)13-12(15)10-5-3-2-4-6-10;5-3(6)1-2-4(7)8/h2-6,11H,7-9H2,1H3,(H,13,15);1-2H,(H,5,6)(H,7,8)/b;2-1+. The van der Waals surface area contributed by atoms with Gasteiger partial charge in [0, 0.05) is 30.3 Å². The fourth-order valence-corrected chi connectivity index (χ4v) is 2.05. The Hall–Kier alpha value is -2.67. The first-order chi connectivity index (χ1) is 10.9. The Bertz CT molecular complexity index is 555. The lowest BCUT2D eigenvalue weighted by Crippen LogP contribution is -2.36. The zero-order chi connectivity index (χ0) is 17.2. The van der Waals surface area contributed by atoms with Crippen LogP contribution < -0.4 is 5.32 Å². The largest absolute Gasteiger partial charge is 0.478 e. The number of carboxylic acid groups (broad SMARTS) is 2. The summed E-state index contributed by atoms with van der Waals surface area (Å²) in [7, 11) is 2.08. The molecule has 0 aliphatic carbocycles. The van der Waals surface area contributed by atoms with E-state index in [9.17, 15) is 14.4 Å². The van der Waals surface area contributed by atoms with Gasteiger partial charge in [-0.1, -0.05) is 18.2 Å². The zero-order valence-electron chi connectivity index (χ0n) is 12.8. The Morgan fingerprint density at radius 3 is 2.13 bits per heavy atom. The molecule has 0 saturated carbocycles. The van der Waals surface area contributed by atoms with E-state index in [1.807, 2.05) is 30.3 Å². The van der Waals surface area contributed by atoms with Gasteiger partial charge >= 0.3 is 11.9 Å². The van der Waals surface area contributed by atoms with Gasteiger partial charge in [-0.15, -0.1) is 0 Å². The topological polar surface area (TPSA) is 107 Å². The maximum atomic E-state index is 11.8. The third-order valence-corrected chi connectivity index (χ3v) is 3.13. The van der Waals surface area contributed by atoms with Crippen LogP contribution in [-0.2, 0) is 9.59 Å². The van der Waals surface area contributed by atoms with E-state index >= 15 is 0 Å². The van der Waals surface area contributed by atoms with E-state index in [1.165, 1.54) is 0 Å².